The van der Waals surface area contributed by atoms with Crippen molar-refractivity contribution in [1.82, 2.24) is 19.9 Å². The maximum atomic E-state index is 12.9. The van der Waals surface area contributed by atoms with Gasteiger partial charge in [0.15, 0.2) is 0 Å². The van der Waals surface area contributed by atoms with Crippen molar-refractivity contribution in [3.63, 3.8) is 0 Å². The Hall–Kier alpha value is -3.28. The number of carbonyl (C=O) groups is 1. The molecule has 0 saturated carbocycles. The summed E-state index contributed by atoms with van der Waals surface area (Å²) in [6, 6.07) is 11.7. The van der Waals surface area contributed by atoms with Gasteiger partial charge in [0.1, 0.15) is 5.69 Å². The number of para-hydroxylation sites is 1. The quantitative estimate of drug-likeness (QED) is 0.708. The molecule has 3 aromatic rings. The van der Waals surface area contributed by atoms with Crippen LogP contribution in [0.3, 0.4) is 0 Å². The number of aryl methyl sites for hydroxylation is 3. The van der Waals surface area contributed by atoms with Gasteiger partial charge in [-0.25, -0.2) is 9.97 Å². The highest BCUT2D eigenvalue weighted by Crippen LogP contribution is 2.23. The average molecular weight is 375 g/mol. The van der Waals surface area contributed by atoms with Gasteiger partial charge in [-0.3, -0.25) is 9.78 Å². The van der Waals surface area contributed by atoms with Crippen LogP contribution in [0.5, 0.6) is 0 Å². The molecular weight excluding hydrogens is 350 g/mol. The van der Waals surface area contributed by atoms with Gasteiger partial charge in [-0.15, -0.1) is 0 Å². The molecule has 0 fully saturated rings. The minimum absolute atomic E-state index is 0.121. The van der Waals surface area contributed by atoms with E-state index in [9.17, 15) is 4.79 Å². The van der Waals surface area contributed by atoms with Gasteiger partial charge in [0.05, 0.1) is 0 Å². The Balaban J connectivity index is 1.75. The number of nitrogens with zero attached hydrogens (tertiary/aromatic N) is 4. The van der Waals surface area contributed by atoms with Crippen molar-refractivity contribution in [2.45, 2.75) is 27.2 Å². The summed E-state index contributed by atoms with van der Waals surface area (Å²) in [4.78, 5) is 27.5. The number of nitrogens with one attached hydrogen (secondary N) is 1. The van der Waals surface area contributed by atoms with Gasteiger partial charge in [-0.2, -0.15) is 0 Å². The van der Waals surface area contributed by atoms with Crippen molar-refractivity contribution in [1.29, 1.82) is 0 Å². The van der Waals surface area contributed by atoms with Crippen LogP contribution in [0, 0.1) is 20.8 Å². The maximum absolute atomic E-state index is 12.9. The van der Waals surface area contributed by atoms with Crippen LogP contribution in [-0.4, -0.2) is 39.4 Å². The first-order valence-electron chi connectivity index (χ1n) is 9.27. The van der Waals surface area contributed by atoms with Gasteiger partial charge in [0.25, 0.3) is 5.91 Å². The number of aromatic nitrogens is 3. The molecule has 0 bridgehead atoms. The number of pyridine rings is 1. The molecule has 0 radical (unpaired) electrons. The molecule has 0 spiro atoms. The molecule has 6 heteroatoms. The topological polar surface area (TPSA) is 71.0 Å². The highest BCUT2D eigenvalue weighted by molar-refractivity contribution is 5.92. The largest absolute Gasteiger partial charge is 0.340 e. The third kappa shape index (κ3) is 4.71. The summed E-state index contributed by atoms with van der Waals surface area (Å²) in [6.45, 7) is 6.53. The summed E-state index contributed by atoms with van der Waals surface area (Å²) in [6.07, 6.45) is 4.29. The summed E-state index contributed by atoms with van der Waals surface area (Å²) < 4.78 is 0. The van der Waals surface area contributed by atoms with E-state index in [1.807, 2.05) is 51.1 Å². The first-order valence-corrected chi connectivity index (χ1v) is 9.27. The van der Waals surface area contributed by atoms with Crippen LogP contribution in [0.15, 0.2) is 48.8 Å². The molecule has 144 valence electrons. The number of likely N-dealkylation sites (N-methyl/N-ethyl adjacent to an activating group) is 1. The minimum Gasteiger partial charge on any atom is -0.340 e. The zero-order chi connectivity index (χ0) is 20.1. The summed E-state index contributed by atoms with van der Waals surface area (Å²) in [5, 5.41) is 3.27. The Kier molecular flexibility index (Phi) is 5.99. The van der Waals surface area contributed by atoms with Crippen molar-refractivity contribution in [2.24, 2.45) is 0 Å². The van der Waals surface area contributed by atoms with E-state index in [0.717, 1.165) is 34.5 Å². The minimum atomic E-state index is -0.121. The van der Waals surface area contributed by atoms with E-state index < -0.39 is 0 Å². The number of benzene rings is 1. The van der Waals surface area contributed by atoms with Crippen LogP contribution in [0.4, 0.5) is 11.6 Å². The first kappa shape index (κ1) is 19.5. The van der Waals surface area contributed by atoms with E-state index in [1.54, 1.807) is 30.4 Å². The van der Waals surface area contributed by atoms with Crippen LogP contribution in [0.1, 0.15) is 32.9 Å². The van der Waals surface area contributed by atoms with Crippen molar-refractivity contribution in [3.8, 4) is 0 Å². The number of anilines is 2. The third-order valence-electron chi connectivity index (χ3n) is 4.62. The van der Waals surface area contributed by atoms with Crippen molar-refractivity contribution >= 4 is 17.5 Å². The molecule has 0 aliphatic carbocycles. The second kappa shape index (κ2) is 8.61. The predicted octanol–water partition coefficient (Wildman–Crippen LogP) is 3.86. The molecule has 2 aromatic heterocycles. The van der Waals surface area contributed by atoms with E-state index in [2.05, 4.69) is 20.3 Å². The van der Waals surface area contributed by atoms with Crippen molar-refractivity contribution < 1.29 is 4.79 Å². The molecule has 0 unspecified atom stereocenters. The maximum Gasteiger partial charge on any atom is 0.272 e. The lowest BCUT2D eigenvalue weighted by Crippen LogP contribution is -2.30. The second-order valence-corrected chi connectivity index (χ2v) is 6.94. The molecule has 0 saturated heterocycles. The van der Waals surface area contributed by atoms with E-state index in [0.29, 0.717) is 18.2 Å². The van der Waals surface area contributed by atoms with Crippen LogP contribution < -0.4 is 5.32 Å². The number of amides is 1. The van der Waals surface area contributed by atoms with Gasteiger partial charge in [0.2, 0.25) is 5.95 Å². The number of hydrogen-bond donors (Lipinski definition) is 1. The van der Waals surface area contributed by atoms with Crippen LogP contribution in [0.25, 0.3) is 0 Å². The predicted molar refractivity (Wildman–Crippen MR) is 111 cm³/mol. The van der Waals surface area contributed by atoms with E-state index in [-0.39, 0.29) is 5.91 Å². The van der Waals surface area contributed by atoms with Gasteiger partial charge < -0.3 is 10.2 Å². The lowest BCUT2D eigenvalue weighted by Gasteiger charge is -2.18. The van der Waals surface area contributed by atoms with Crippen LogP contribution >= 0.6 is 0 Å². The lowest BCUT2D eigenvalue weighted by atomic mass is 10.1. The second-order valence-electron chi connectivity index (χ2n) is 6.94. The van der Waals surface area contributed by atoms with Gasteiger partial charge in [0, 0.05) is 37.4 Å². The number of hydrogen-bond acceptors (Lipinski definition) is 5. The molecule has 0 aliphatic rings. The van der Waals surface area contributed by atoms with Gasteiger partial charge in [-0.1, -0.05) is 18.2 Å². The van der Waals surface area contributed by atoms with Crippen LogP contribution in [-0.2, 0) is 6.42 Å². The Bertz CT molecular complexity index is 952. The molecule has 2 heterocycles. The Morgan fingerprint density at radius 3 is 2.39 bits per heavy atom. The molecule has 1 aromatic carbocycles. The molecule has 0 atom stereocenters. The normalized spacial score (nSPS) is 10.6. The molecule has 1 N–H and O–H groups in total. The third-order valence-corrected chi connectivity index (χ3v) is 4.62. The fourth-order valence-electron chi connectivity index (χ4n) is 3.00. The summed E-state index contributed by atoms with van der Waals surface area (Å²) >= 11 is 0. The fourth-order valence-corrected chi connectivity index (χ4v) is 3.00. The molecule has 1 amide bonds. The highest BCUT2D eigenvalue weighted by atomic mass is 16.2. The Labute approximate surface area is 165 Å². The van der Waals surface area contributed by atoms with Gasteiger partial charge in [-0.05, 0) is 62.1 Å². The van der Waals surface area contributed by atoms with E-state index in [4.69, 9.17) is 0 Å². The Morgan fingerprint density at radius 2 is 1.71 bits per heavy atom. The highest BCUT2D eigenvalue weighted by Gasteiger charge is 2.16. The molecule has 6 nitrogen and oxygen atoms in total. The molecular formula is C22H25N5O. The molecule has 3 rings (SSSR count). The number of carbonyl (C=O) groups excluding carboxylic acids is 1. The SMILES string of the molecule is Cc1cc(C(=O)N(C)CCc2ccncc2)nc(Nc2c(C)cccc2C)n1. The smallest absolute Gasteiger partial charge is 0.272 e. The lowest BCUT2D eigenvalue weighted by molar-refractivity contribution is 0.0790. The molecule has 0 aliphatic heterocycles. The van der Waals surface area contributed by atoms with Crippen molar-refractivity contribution in [3.05, 3.63) is 76.9 Å². The number of rotatable bonds is 6. The first-order chi connectivity index (χ1) is 13.4. The monoisotopic (exact) mass is 375 g/mol. The summed E-state index contributed by atoms with van der Waals surface area (Å²) in [5.41, 5.74) is 5.46. The van der Waals surface area contributed by atoms with E-state index >= 15 is 0 Å². The van der Waals surface area contributed by atoms with Gasteiger partial charge >= 0.3 is 0 Å². The average Bonchev–Trinajstić information content (AvgIpc) is 2.69. The zero-order valence-corrected chi connectivity index (χ0v) is 16.7. The summed E-state index contributed by atoms with van der Waals surface area (Å²) in [7, 11) is 1.79. The van der Waals surface area contributed by atoms with E-state index in [1.165, 1.54) is 0 Å². The van der Waals surface area contributed by atoms with Crippen LogP contribution in [0.2, 0.25) is 0 Å². The fraction of sp³-hybridized carbons (Fsp3) is 0.273. The summed E-state index contributed by atoms with van der Waals surface area (Å²) in [5.74, 6) is 0.312. The Morgan fingerprint density at radius 1 is 1.04 bits per heavy atom. The van der Waals surface area contributed by atoms with Crippen molar-refractivity contribution in [2.75, 3.05) is 18.9 Å². The standard InChI is InChI=1S/C22H25N5O/c1-15-6-5-7-16(2)20(15)26-22-24-17(3)14-19(25-22)21(28)27(4)13-10-18-8-11-23-12-9-18/h5-9,11-12,14H,10,13H2,1-4H3,(H,24,25,26). The zero-order valence-electron chi connectivity index (χ0n) is 16.7. The molecule has 28 heavy (non-hydrogen) atoms.